The summed E-state index contributed by atoms with van der Waals surface area (Å²) in [6.45, 7) is 3.19. The third kappa shape index (κ3) is 4.37. The van der Waals surface area contributed by atoms with Crippen molar-refractivity contribution in [3.8, 4) is 0 Å². The second kappa shape index (κ2) is 7.87. The first-order valence-electron chi connectivity index (χ1n) is 8.42. The minimum Gasteiger partial charge on any atom is -0.396 e. The standard InChI is InChI=1S/C16H31N3O/c17-15(19-11-6-1-2-7-12-19)18-14-16(10-13-20)8-4-3-5-9-16/h20H,1-14H2,(H2,17,18). The van der Waals surface area contributed by atoms with Crippen molar-refractivity contribution in [2.45, 2.75) is 64.2 Å². The second-order valence-corrected chi connectivity index (χ2v) is 6.61. The lowest BCUT2D eigenvalue weighted by atomic mass is 9.72. The third-order valence-electron chi connectivity index (χ3n) is 5.06. The summed E-state index contributed by atoms with van der Waals surface area (Å²) >= 11 is 0. The van der Waals surface area contributed by atoms with E-state index in [2.05, 4.69) is 4.90 Å². The average Bonchev–Trinajstić information content (AvgIpc) is 2.75. The number of guanidine groups is 1. The Morgan fingerprint density at radius 2 is 1.60 bits per heavy atom. The highest BCUT2D eigenvalue weighted by Gasteiger charge is 2.31. The highest BCUT2D eigenvalue weighted by atomic mass is 16.3. The normalized spacial score (nSPS) is 24.4. The van der Waals surface area contributed by atoms with Gasteiger partial charge >= 0.3 is 0 Å². The molecule has 0 aromatic rings. The maximum atomic E-state index is 9.34. The third-order valence-corrected chi connectivity index (χ3v) is 5.06. The predicted octanol–water partition coefficient (Wildman–Crippen LogP) is 2.51. The van der Waals surface area contributed by atoms with E-state index >= 15 is 0 Å². The van der Waals surface area contributed by atoms with Gasteiger partial charge in [0.05, 0.1) is 0 Å². The van der Waals surface area contributed by atoms with Crippen LogP contribution in [0.25, 0.3) is 0 Å². The molecular weight excluding hydrogens is 250 g/mol. The Labute approximate surface area is 123 Å². The Morgan fingerprint density at radius 3 is 2.20 bits per heavy atom. The molecule has 0 bridgehead atoms. The van der Waals surface area contributed by atoms with Crippen molar-refractivity contribution in [3.05, 3.63) is 0 Å². The van der Waals surface area contributed by atoms with Gasteiger partial charge in [0, 0.05) is 26.2 Å². The van der Waals surface area contributed by atoms with E-state index in [1.165, 1.54) is 57.8 Å². The van der Waals surface area contributed by atoms with Crippen LogP contribution in [0.2, 0.25) is 0 Å². The number of nitrogens with zero attached hydrogens (tertiary/aromatic N) is 2. The smallest absolute Gasteiger partial charge is 0.191 e. The van der Waals surface area contributed by atoms with Crippen molar-refractivity contribution in [1.29, 1.82) is 0 Å². The molecule has 0 atom stereocenters. The van der Waals surface area contributed by atoms with E-state index in [0.29, 0.717) is 0 Å². The van der Waals surface area contributed by atoms with Gasteiger partial charge in [-0.2, -0.15) is 0 Å². The van der Waals surface area contributed by atoms with Crippen LogP contribution in [-0.4, -0.2) is 42.2 Å². The topological polar surface area (TPSA) is 61.9 Å². The highest BCUT2D eigenvalue weighted by Crippen LogP contribution is 2.39. The SMILES string of the molecule is NC(=NCC1(CCO)CCCCC1)N1CCCCCC1. The largest absolute Gasteiger partial charge is 0.396 e. The second-order valence-electron chi connectivity index (χ2n) is 6.61. The Hall–Kier alpha value is -0.770. The van der Waals surface area contributed by atoms with Gasteiger partial charge in [0.25, 0.3) is 0 Å². The fraction of sp³-hybridized carbons (Fsp3) is 0.938. The van der Waals surface area contributed by atoms with Crippen molar-refractivity contribution in [1.82, 2.24) is 4.90 Å². The molecule has 2 aliphatic rings. The summed E-state index contributed by atoms with van der Waals surface area (Å²) in [7, 11) is 0. The molecule has 4 heteroatoms. The van der Waals surface area contributed by atoms with Crippen LogP contribution >= 0.6 is 0 Å². The molecule has 2 fully saturated rings. The van der Waals surface area contributed by atoms with Crippen LogP contribution in [0, 0.1) is 5.41 Å². The molecule has 1 aliphatic carbocycles. The lowest BCUT2D eigenvalue weighted by Gasteiger charge is -2.36. The summed E-state index contributed by atoms with van der Waals surface area (Å²) in [4.78, 5) is 6.97. The lowest BCUT2D eigenvalue weighted by Crippen LogP contribution is -2.39. The van der Waals surface area contributed by atoms with E-state index in [1.54, 1.807) is 0 Å². The van der Waals surface area contributed by atoms with E-state index in [1.807, 2.05) is 0 Å². The summed E-state index contributed by atoms with van der Waals surface area (Å²) in [5.74, 6) is 0.731. The summed E-state index contributed by atoms with van der Waals surface area (Å²) in [6, 6.07) is 0. The van der Waals surface area contributed by atoms with Crippen LogP contribution in [0.1, 0.15) is 64.2 Å². The van der Waals surface area contributed by atoms with Crippen molar-refractivity contribution in [2.75, 3.05) is 26.2 Å². The van der Waals surface area contributed by atoms with Crippen LogP contribution in [0.5, 0.6) is 0 Å². The van der Waals surface area contributed by atoms with Gasteiger partial charge in [-0.15, -0.1) is 0 Å². The van der Waals surface area contributed by atoms with Gasteiger partial charge in [0.1, 0.15) is 0 Å². The van der Waals surface area contributed by atoms with E-state index in [4.69, 9.17) is 10.7 Å². The molecule has 0 amide bonds. The van der Waals surface area contributed by atoms with E-state index in [-0.39, 0.29) is 12.0 Å². The first-order chi connectivity index (χ1) is 9.76. The van der Waals surface area contributed by atoms with E-state index in [0.717, 1.165) is 32.0 Å². The summed E-state index contributed by atoms with van der Waals surface area (Å²) in [6.07, 6.45) is 12.3. The van der Waals surface area contributed by atoms with E-state index < -0.39 is 0 Å². The van der Waals surface area contributed by atoms with Gasteiger partial charge in [-0.05, 0) is 37.5 Å². The molecule has 0 aromatic carbocycles. The molecule has 0 unspecified atom stereocenters. The molecule has 1 saturated heterocycles. The van der Waals surface area contributed by atoms with Crippen LogP contribution in [0.15, 0.2) is 4.99 Å². The number of hydrogen-bond acceptors (Lipinski definition) is 2. The van der Waals surface area contributed by atoms with Crippen LogP contribution in [0.4, 0.5) is 0 Å². The van der Waals surface area contributed by atoms with Crippen LogP contribution < -0.4 is 5.73 Å². The van der Waals surface area contributed by atoms with E-state index in [9.17, 15) is 5.11 Å². The molecule has 20 heavy (non-hydrogen) atoms. The number of aliphatic imine (C=N–C) groups is 1. The molecule has 0 radical (unpaired) electrons. The summed E-state index contributed by atoms with van der Waals surface area (Å²) < 4.78 is 0. The number of likely N-dealkylation sites (tertiary alicyclic amines) is 1. The average molecular weight is 281 g/mol. The number of rotatable bonds is 4. The van der Waals surface area contributed by atoms with Gasteiger partial charge in [0.15, 0.2) is 5.96 Å². The first kappa shape index (κ1) is 15.6. The Kier molecular flexibility index (Phi) is 6.14. The zero-order valence-electron chi connectivity index (χ0n) is 12.8. The Balaban J connectivity index is 1.93. The van der Waals surface area contributed by atoms with Gasteiger partial charge in [-0.3, -0.25) is 4.99 Å². The van der Waals surface area contributed by atoms with Crippen LogP contribution in [-0.2, 0) is 0 Å². The fourth-order valence-corrected chi connectivity index (χ4v) is 3.67. The summed E-state index contributed by atoms with van der Waals surface area (Å²) in [5, 5.41) is 9.34. The number of aliphatic hydroxyl groups is 1. The molecule has 0 spiro atoms. The minimum absolute atomic E-state index is 0.212. The van der Waals surface area contributed by atoms with Gasteiger partial charge in [0.2, 0.25) is 0 Å². The molecule has 4 nitrogen and oxygen atoms in total. The number of aliphatic hydroxyl groups excluding tert-OH is 1. The maximum Gasteiger partial charge on any atom is 0.191 e. The zero-order valence-corrected chi connectivity index (χ0v) is 12.8. The Morgan fingerprint density at radius 1 is 1.00 bits per heavy atom. The van der Waals surface area contributed by atoms with Gasteiger partial charge in [-0.1, -0.05) is 32.1 Å². The van der Waals surface area contributed by atoms with Crippen molar-refractivity contribution >= 4 is 5.96 Å². The highest BCUT2D eigenvalue weighted by molar-refractivity contribution is 5.78. The molecule has 0 aromatic heterocycles. The molecule has 1 saturated carbocycles. The number of hydrogen-bond donors (Lipinski definition) is 2. The monoisotopic (exact) mass is 281 g/mol. The predicted molar refractivity (Wildman–Crippen MR) is 83.8 cm³/mol. The van der Waals surface area contributed by atoms with Gasteiger partial charge < -0.3 is 15.7 Å². The summed E-state index contributed by atoms with van der Waals surface area (Å²) in [5.41, 5.74) is 6.42. The zero-order chi connectivity index (χ0) is 14.3. The van der Waals surface area contributed by atoms with Crippen molar-refractivity contribution < 1.29 is 5.11 Å². The number of nitrogens with two attached hydrogens (primary N) is 1. The van der Waals surface area contributed by atoms with Crippen molar-refractivity contribution in [2.24, 2.45) is 16.1 Å². The molecular formula is C16H31N3O. The first-order valence-corrected chi connectivity index (χ1v) is 8.42. The minimum atomic E-state index is 0.212. The Bertz CT molecular complexity index is 297. The van der Waals surface area contributed by atoms with Gasteiger partial charge in [-0.25, -0.2) is 0 Å². The lowest BCUT2D eigenvalue weighted by molar-refractivity contribution is 0.137. The molecule has 116 valence electrons. The fourth-order valence-electron chi connectivity index (χ4n) is 3.67. The van der Waals surface area contributed by atoms with Crippen molar-refractivity contribution in [3.63, 3.8) is 0 Å². The maximum absolute atomic E-state index is 9.34. The van der Waals surface area contributed by atoms with Crippen LogP contribution in [0.3, 0.4) is 0 Å². The molecule has 1 heterocycles. The molecule has 2 rings (SSSR count). The molecule has 1 aliphatic heterocycles. The molecule has 3 N–H and O–H groups in total. The quantitative estimate of drug-likeness (QED) is 0.615.